The Morgan fingerprint density at radius 2 is 2.03 bits per heavy atom. The number of amides is 1. The fourth-order valence-electron chi connectivity index (χ4n) is 3.49. The van der Waals surface area contributed by atoms with Crippen molar-refractivity contribution in [3.63, 3.8) is 0 Å². The Balaban J connectivity index is 1.22. The van der Waals surface area contributed by atoms with Crippen molar-refractivity contribution in [3.8, 4) is 5.75 Å². The van der Waals surface area contributed by atoms with Crippen LogP contribution in [0, 0.1) is 0 Å². The van der Waals surface area contributed by atoms with Crippen LogP contribution in [0.15, 0.2) is 60.9 Å². The van der Waals surface area contributed by atoms with Gasteiger partial charge >= 0.3 is 0 Å². The summed E-state index contributed by atoms with van der Waals surface area (Å²) in [6.07, 6.45) is 5.06. The Morgan fingerprint density at radius 3 is 2.79 bits per heavy atom. The normalized spacial score (nSPS) is 15.0. The number of carbonyl (C=O) groups is 1. The first-order valence-corrected chi connectivity index (χ1v) is 9.87. The molecule has 2 aromatic heterocycles. The zero-order valence-corrected chi connectivity index (χ0v) is 16.5. The first-order valence-electron chi connectivity index (χ1n) is 9.87. The number of nitrogens with one attached hydrogen (secondary N) is 1. The summed E-state index contributed by atoms with van der Waals surface area (Å²) in [4.78, 5) is 18.6. The molecule has 29 heavy (non-hydrogen) atoms. The fourth-order valence-corrected chi connectivity index (χ4v) is 3.49. The number of fused-ring (bicyclic) bond motifs is 1. The first kappa shape index (κ1) is 19.0. The van der Waals surface area contributed by atoms with E-state index in [0.717, 1.165) is 30.8 Å². The number of nitrogens with zero attached hydrogens (tertiary/aromatic N) is 4. The van der Waals surface area contributed by atoms with Gasteiger partial charge in [-0.25, -0.2) is 0 Å². The van der Waals surface area contributed by atoms with Gasteiger partial charge in [-0.15, -0.1) is 0 Å². The molecule has 1 atom stereocenters. The highest BCUT2D eigenvalue weighted by molar-refractivity contribution is 5.92. The van der Waals surface area contributed by atoms with Gasteiger partial charge in [-0.2, -0.15) is 5.10 Å². The van der Waals surface area contributed by atoms with Crippen LogP contribution in [0.5, 0.6) is 5.75 Å². The summed E-state index contributed by atoms with van der Waals surface area (Å²) in [5.74, 6) is 0.676. The highest BCUT2D eigenvalue weighted by Crippen LogP contribution is 2.21. The van der Waals surface area contributed by atoms with E-state index >= 15 is 0 Å². The highest BCUT2D eigenvalue weighted by Gasteiger charge is 2.26. The predicted octanol–water partition coefficient (Wildman–Crippen LogP) is 2.54. The quantitative estimate of drug-likeness (QED) is 0.598. The van der Waals surface area contributed by atoms with E-state index in [0.29, 0.717) is 18.8 Å². The molecule has 1 aromatic carbocycles. The van der Waals surface area contributed by atoms with Crippen LogP contribution in [-0.2, 0) is 13.0 Å². The number of rotatable bonds is 8. The molecule has 1 aliphatic heterocycles. The summed E-state index contributed by atoms with van der Waals surface area (Å²) in [6, 6.07) is 15.8. The van der Waals surface area contributed by atoms with Crippen molar-refractivity contribution >= 4 is 11.6 Å². The van der Waals surface area contributed by atoms with E-state index in [-0.39, 0.29) is 12.0 Å². The molecule has 3 aromatic rings. The van der Waals surface area contributed by atoms with E-state index in [9.17, 15) is 4.79 Å². The molecular formula is C22H25N5O2. The number of aromatic nitrogens is 3. The SMILES string of the molecule is CN(CCCNC(=O)c1cc2n(n1)C[C@@H](Oc1ccncc1)C2)c1ccccc1. The van der Waals surface area contributed by atoms with Gasteiger partial charge in [0.1, 0.15) is 17.5 Å². The van der Waals surface area contributed by atoms with Crippen LogP contribution in [0.3, 0.4) is 0 Å². The van der Waals surface area contributed by atoms with Crippen LogP contribution < -0.4 is 15.0 Å². The molecule has 0 saturated heterocycles. The fraction of sp³-hybridized carbons (Fsp3) is 0.318. The number of hydrogen-bond acceptors (Lipinski definition) is 5. The topological polar surface area (TPSA) is 72.3 Å². The van der Waals surface area contributed by atoms with Crippen molar-refractivity contribution in [2.75, 3.05) is 25.0 Å². The van der Waals surface area contributed by atoms with Crippen LogP contribution in [0.1, 0.15) is 22.6 Å². The Morgan fingerprint density at radius 1 is 1.24 bits per heavy atom. The number of anilines is 1. The second-order valence-electron chi connectivity index (χ2n) is 7.20. The van der Waals surface area contributed by atoms with Crippen LogP contribution in [0.2, 0.25) is 0 Å². The van der Waals surface area contributed by atoms with Gasteiger partial charge in [0, 0.05) is 50.3 Å². The zero-order valence-electron chi connectivity index (χ0n) is 16.5. The van der Waals surface area contributed by atoms with Crippen molar-refractivity contribution in [2.45, 2.75) is 25.5 Å². The van der Waals surface area contributed by atoms with E-state index in [1.165, 1.54) is 5.69 Å². The smallest absolute Gasteiger partial charge is 0.271 e. The molecule has 0 fully saturated rings. The summed E-state index contributed by atoms with van der Waals surface area (Å²) in [5.41, 5.74) is 2.67. The summed E-state index contributed by atoms with van der Waals surface area (Å²) in [7, 11) is 2.06. The van der Waals surface area contributed by atoms with E-state index in [1.807, 2.05) is 41.1 Å². The van der Waals surface area contributed by atoms with Gasteiger partial charge in [-0.1, -0.05) is 18.2 Å². The van der Waals surface area contributed by atoms with Crippen LogP contribution in [0.25, 0.3) is 0 Å². The maximum atomic E-state index is 12.4. The Kier molecular flexibility index (Phi) is 5.74. The van der Waals surface area contributed by atoms with Crippen molar-refractivity contribution in [2.24, 2.45) is 0 Å². The van der Waals surface area contributed by atoms with Crippen molar-refractivity contribution in [1.29, 1.82) is 0 Å². The monoisotopic (exact) mass is 391 g/mol. The van der Waals surface area contributed by atoms with E-state index in [1.54, 1.807) is 12.4 Å². The van der Waals surface area contributed by atoms with Gasteiger partial charge in [0.2, 0.25) is 0 Å². The summed E-state index contributed by atoms with van der Waals surface area (Å²) in [5, 5.41) is 7.41. The molecule has 0 radical (unpaired) electrons. The lowest BCUT2D eigenvalue weighted by Gasteiger charge is -2.19. The molecular weight excluding hydrogens is 366 g/mol. The molecule has 1 amide bonds. The van der Waals surface area contributed by atoms with Gasteiger partial charge in [0.25, 0.3) is 5.91 Å². The molecule has 7 nitrogen and oxygen atoms in total. The standard InChI is InChI=1S/C22H25N5O2/c1-26(17-6-3-2-4-7-17)13-5-10-24-22(28)21-15-18-14-20(16-27(18)25-21)29-19-8-11-23-12-9-19/h2-4,6-9,11-12,15,20H,5,10,13-14,16H2,1H3,(H,24,28)/t20-/m0/s1. The van der Waals surface area contributed by atoms with E-state index in [2.05, 4.69) is 39.5 Å². The third-order valence-electron chi connectivity index (χ3n) is 5.01. The molecule has 150 valence electrons. The lowest BCUT2D eigenvalue weighted by atomic mass is 10.2. The molecule has 0 saturated carbocycles. The van der Waals surface area contributed by atoms with Crippen molar-refractivity contribution in [3.05, 3.63) is 72.3 Å². The van der Waals surface area contributed by atoms with Crippen molar-refractivity contribution < 1.29 is 9.53 Å². The predicted molar refractivity (Wildman–Crippen MR) is 111 cm³/mol. The zero-order chi connectivity index (χ0) is 20.1. The molecule has 1 aliphatic rings. The highest BCUT2D eigenvalue weighted by atomic mass is 16.5. The number of carbonyl (C=O) groups excluding carboxylic acids is 1. The average Bonchev–Trinajstić information content (AvgIpc) is 3.31. The minimum Gasteiger partial charge on any atom is -0.488 e. The molecule has 1 N–H and O–H groups in total. The lowest BCUT2D eigenvalue weighted by molar-refractivity contribution is 0.0946. The van der Waals surface area contributed by atoms with Crippen LogP contribution in [0.4, 0.5) is 5.69 Å². The minimum atomic E-state index is -0.124. The number of para-hydroxylation sites is 1. The Hall–Kier alpha value is -3.35. The maximum Gasteiger partial charge on any atom is 0.271 e. The average molecular weight is 391 g/mol. The third-order valence-corrected chi connectivity index (χ3v) is 5.01. The Bertz CT molecular complexity index is 919. The Labute approximate surface area is 170 Å². The summed E-state index contributed by atoms with van der Waals surface area (Å²) in [6.45, 7) is 2.14. The van der Waals surface area contributed by atoms with Gasteiger partial charge in [0.15, 0.2) is 0 Å². The molecule has 3 heterocycles. The lowest BCUT2D eigenvalue weighted by Crippen LogP contribution is -2.28. The second kappa shape index (κ2) is 8.77. The summed E-state index contributed by atoms with van der Waals surface area (Å²) >= 11 is 0. The molecule has 0 aliphatic carbocycles. The van der Waals surface area contributed by atoms with E-state index < -0.39 is 0 Å². The summed E-state index contributed by atoms with van der Waals surface area (Å²) < 4.78 is 7.81. The number of pyridine rings is 1. The molecule has 7 heteroatoms. The van der Waals surface area contributed by atoms with Gasteiger partial charge in [-0.3, -0.25) is 14.5 Å². The number of benzene rings is 1. The number of hydrogen-bond donors (Lipinski definition) is 1. The van der Waals surface area contributed by atoms with Gasteiger partial charge in [-0.05, 0) is 36.8 Å². The minimum absolute atomic E-state index is 0.0329. The van der Waals surface area contributed by atoms with Crippen LogP contribution in [-0.4, -0.2) is 46.9 Å². The molecule has 4 rings (SSSR count). The number of ether oxygens (including phenoxy) is 1. The van der Waals surface area contributed by atoms with Gasteiger partial charge in [0.05, 0.1) is 6.54 Å². The molecule has 0 spiro atoms. The first-order chi connectivity index (χ1) is 14.2. The van der Waals surface area contributed by atoms with Crippen LogP contribution >= 0.6 is 0 Å². The van der Waals surface area contributed by atoms with Gasteiger partial charge < -0.3 is 15.0 Å². The van der Waals surface area contributed by atoms with E-state index in [4.69, 9.17) is 4.74 Å². The molecule has 0 bridgehead atoms. The van der Waals surface area contributed by atoms with Crippen molar-refractivity contribution in [1.82, 2.24) is 20.1 Å². The largest absolute Gasteiger partial charge is 0.488 e. The third kappa shape index (κ3) is 4.74. The second-order valence-corrected chi connectivity index (χ2v) is 7.20. The maximum absolute atomic E-state index is 12.4. The molecule has 0 unspecified atom stereocenters.